The number of ketones is 1. The van der Waals surface area contributed by atoms with E-state index in [2.05, 4.69) is 5.32 Å². The summed E-state index contributed by atoms with van der Waals surface area (Å²) in [7, 11) is 0. The minimum atomic E-state index is -1.51. The Balaban J connectivity index is 1.99. The summed E-state index contributed by atoms with van der Waals surface area (Å²) in [6, 6.07) is 9.62. The van der Waals surface area contributed by atoms with Crippen molar-refractivity contribution in [2.75, 3.05) is 13.2 Å². The third kappa shape index (κ3) is 3.19. The summed E-state index contributed by atoms with van der Waals surface area (Å²) in [5.41, 5.74) is -0.0483. The molecule has 1 N–H and O–H groups in total. The second-order valence-corrected chi connectivity index (χ2v) is 6.69. The van der Waals surface area contributed by atoms with Crippen LogP contribution in [0.5, 0.6) is 0 Å². The molecule has 0 amide bonds. The van der Waals surface area contributed by atoms with E-state index in [9.17, 15) is 14.8 Å². The number of hydrogen-bond donors (Lipinski definition) is 1. The van der Waals surface area contributed by atoms with Gasteiger partial charge in [0.25, 0.3) is 0 Å². The summed E-state index contributed by atoms with van der Waals surface area (Å²) < 4.78 is 4.94. The number of rotatable bonds is 5. The SMILES string of the molecule is CCOC(=O)CNC12O[N+]([O-])=C(C)C(c3ccccc3)C1CCCC2=O. The highest BCUT2D eigenvalue weighted by Gasteiger charge is 2.56. The Bertz CT molecular complexity index is 718. The molecule has 1 aromatic rings. The van der Waals surface area contributed by atoms with Gasteiger partial charge >= 0.3 is 5.97 Å². The first-order valence-electron chi connectivity index (χ1n) is 8.98. The van der Waals surface area contributed by atoms with E-state index in [4.69, 9.17) is 9.57 Å². The number of nitrogens with zero attached hydrogens (tertiary/aromatic N) is 1. The number of nitrogens with one attached hydrogen (secondary N) is 1. The molecule has 0 spiro atoms. The zero-order valence-electron chi connectivity index (χ0n) is 15.1. The number of carbonyl (C=O) groups is 2. The molecule has 0 bridgehead atoms. The zero-order valence-corrected chi connectivity index (χ0v) is 15.1. The van der Waals surface area contributed by atoms with Crippen LogP contribution in [-0.4, -0.2) is 41.2 Å². The van der Waals surface area contributed by atoms with Crippen LogP contribution in [0, 0.1) is 11.1 Å². The van der Waals surface area contributed by atoms with Crippen molar-refractivity contribution >= 4 is 17.5 Å². The number of Topliss-reactive ketones (excluding diaryl/α,β-unsaturated/α-hetero) is 1. The minimum absolute atomic E-state index is 0.190. The average Bonchev–Trinajstić information content (AvgIpc) is 2.63. The Labute approximate surface area is 152 Å². The average molecular weight is 360 g/mol. The van der Waals surface area contributed by atoms with Gasteiger partial charge in [0.15, 0.2) is 11.5 Å². The standard InChI is InChI=1S/C19H24N2O5/c1-3-25-17(23)12-20-19-15(10-7-11-16(19)22)18(13(2)21(24)26-19)14-8-5-4-6-9-14/h4-6,8-9,15,18,20H,3,7,10-12H2,1-2H3. The van der Waals surface area contributed by atoms with Gasteiger partial charge in [-0.25, -0.2) is 0 Å². The summed E-state index contributed by atoms with van der Waals surface area (Å²) in [4.78, 5) is 30.6. The first-order valence-corrected chi connectivity index (χ1v) is 8.98. The largest absolute Gasteiger partial charge is 0.465 e. The fraction of sp³-hybridized carbons (Fsp3) is 0.526. The van der Waals surface area contributed by atoms with Crippen LogP contribution in [0.15, 0.2) is 30.3 Å². The maximum atomic E-state index is 12.8. The van der Waals surface area contributed by atoms with Crippen molar-refractivity contribution in [2.24, 2.45) is 5.92 Å². The monoisotopic (exact) mass is 360 g/mol. The second kappa shape index (κ2) is 7.45. The molecule has 1 fully saturated rings. The molecular weight excluding hydrogens is 336 g/mol. The van der Waals surface area contributed by atoms with Gasteiger partial charge < -0.3 is 9.57 Å². The van der Waals surface area contributed by atoms with Crippen molar-refractivity contribution in [3.63, 3.8) is 0 Å². The summed E-state index contributed by atoms with van der Waals surface area (Å²) in [6.07, 6.45) is 1.75. The number of fused-ring (bicyclic) bond motifs is 1. The second-order valence-electron chi connectivity index (χ2n) is 6.69. The van der Waals surface area contributed by atoms with Gasteiger partial charge in [0.1, 0.15) is 0 Å². The van der Waals surface area contributed by atoms with Crippen LogP contribution < -0.4 is 5.32 Å². The van der Waals surface area contributed by atoms with E-state index in [0.29, 0.717) is 23.5 Å². The molecule has 1 saturated carbocycles. The van der Waals surface area contributed by atoms with Crippen LogP contribution in [0.3, 0.4) is 0 Å². The van der Waals surface area contributed by atoms with E-state index < -0.39 is 11.7 Å². The quantitative estimate of drug-likeness (QED) is 0.637. The van der Waals surface area contributed by atoms with E-state index in [-0.39, 0.29) is 30.8 Å². The fourth-order valence-corrected chi connectivity index (χ4v) is 4.02. The predicted octanol–water partition coefficient (Wildman–Crippen LogP) is 1.90. The van der Waals surface area contributed by atoms with Gasteiger partial charge in [-0.15, -0.1) is 0 Å². The van der Waals surface area contributed by atoms with Gasteiger partial charge in [0.05, 0.1) is 19.1 Å². The van der Waals surface area contributed by atoms with Crippen LogP contribution in [0.4, 0.5) is 0 Å². The van der Waals surface area contributed by atoms with Gasteiger partial charge in [-0.1, -0.05) is 30.3 Å². The van der Waals surface area contributed by atoms with E-state index >= 15 is 0 Å². The Kier molecular flexibility index (Phi) is 5.27. The Hall–Kier alpha value is -2.41. The van der Waals surface area contributed by atoms with Crippen LogP contribution in [0.25, 0.3) is 0 Å². The molecule has 7 nitrogen and oxygen atoms in total. The highest BCUT2D eigenvalue weighted by Crippen LogP contribution is 2.45. The Morgan fingerprint density at radius 3 is 2.85 bits per heavy atom. The molecular formula is C19H24N2O5. The van der Waals surface area contributed by atoms with Gasteiger partial charge in [0.2, 0.25) is 5.71 Å². The van der Waals surface area contributed by atoms with Crippen molar-refractivity contribution < 1.29 is 24.1 Å². The molecule has 1 heterocycles. The summed E-state index contributed by atoms with van der Waals surface area (Å²) in [5, 5.41) is 15.4. The minimum Gasteiger partial charge on any atom is -0.465 e. The lowest BCUT2D eigenvalue weighted by Gasteiger charge is -2.49. The highest BCUT2D eigenvalue weighted by atomic mass is 16.9. The van der Waals surface area contributed by atoms with E-state index in [0.717, 1.165) is 12.0 Å². The van der Waals surface area contributed by atoms with Crippen LogP contribution in [0.2, 0.25) is 0 Å². The first kappa shape index (κ1) is 18.4. The molecule has 1 aliphatic carbocycles. The normalized spacial score (nSPS) is 28.3. The molecule has 1 aliphatic heterocycles. The van der Waals surface area contributed by atoms with E-state index in [1.54, 1.807) is 13.8 Å². The molecule has 7 heteroatoms. The number of esters is 1. The summed E-state index contributed by atoms with van der Waals surface area (Å²) in [5.74, 6) is -1.22. The number of carbonyl (C=O) groups excluding carboxylic acids is 2. The van der Waals surface area contributed by atoms with Gasteiger partial charge in [0, 0.05) is 24.2 Å². The number of ether oxygens (including phenoxy) is 1. The third-order valence-corrected chi connectivity index (χ3v) is 5.18. The lowest BCUT2D eigenvalue weighted by atomic mass is 9.68. The smallest absolute Gasteiger partial charge is 0.319 e. The van der Waals surface area contributed by atoms with Crippen molar-refractivity contribution in [3.8, 4) is 0 Å². The Morgan fingerprint density at radius 1 is 1.42 bits per heavy atom. The zero-order chi connectivity index (χ0) is 18.7. The van der Waals surface area contributed by atoms with Crippen LogP contribution in [0.1, 0.15) is 44.6 Å². The third-order valence-electron chi connectivity index (χ3n) is 5.18. The summed E-state index contributed by atoms with van der Waals surface area (Å²) >= 11 is 0. The van der Waals surface area contributed by atoms with Gasteiger partial charge in [-0.3, -0.25) is 20.1 Å². The molecule has 3 atom stereocenters. The van der Waals surface area contributed by atoms with Crippen molar-refractivity contribution in [1.82, 2.24) is 5.32 Å². The highest BCUT2D eigenvalue weighted by molar-refractivity contribution is 5.92. The van der Waals surface area contributed by atoms with Gasteiger partial charge in [-0.05, 0) is 25.3 Å². The Morgan fingerprint density at radius 2 is 2.15 bits per heavy atom. The predicted molar refractivity (Wildman–Crippen MR) is 94.3 cm³/mol. The first-order chi connectivity index (χ1) is 12.5. The maximum absolute atomic E-state index is 12.8. The molecule has 0 aromatic heterocycles. The van der Waals surface area contributed by atoms with Crippen molar-refractivity contribution in [2.45, 2.75) is 44.8 Å². The molecule has 2 aliphatic rings. The maximum Gasteiger partial charge on any atom is 0.319 e. The molecule has 26 heavy (non-hydrogen) atoms. The lowest BCUT2D eigenvalue weighted by Crippen LogP contribution is -2.67. The van der Waals surface area contributed by atoms with Gasteiger partial charge in [-0.2, -0.15) is 0 Å². The van der Waals surface area contributed by atoms with Crippen LogP contribution in [-0.2, 0) is 19.2 Å². The van der Waals surface area contributed by atoms with Crippen molar-refractivity contribution in [3.05, 3.63) is 41.1 Å². The van der Waals surface area contributed by atoms with Crippen LogP contribution >= 0.6 is 0 Å². The molecule has 0 saturated heterocycles. The lowest BCUT2D eigenvalue weighted by molar-refractivity contribution is -0.773. The molecule has 140 valence electrons. The molecule has 3 unspecified atom stereocenters. The summed E-state index contributed by atoms with van der Waals surface area (Å²) in [6.45, 7) is 3.49. The van der Waals surface area contributed by atoms with E-state index in [1.165, 1.54) is 0 Å². The molecule has 1 aromatic carbocycles. The van der Waals surface area contributed by atoms with Crippen molar-refractivity contribution in [1.29, 1.82) is 0 Å². The number of benzene rings is 1. The molecule has 3 rings (SSSR count). The number of hydrogen-bond acceptors (Lipinski definition) is 6. The topological polar surface area (TPSA) is 90.7 Å². The molecule has 0 radical (unpaired) electrons. The van der Waals surface area contributed by atoms with E-state index in [1.807, 2.05) is 30.3 Å². The fourth-order valence-electron chi connectivity index (χ4n) is 4.02.